The van der Waals surface area contributed by atoms with Crippen molar-refractivity contribution in [2.75, 3.05) is 19.7 Å². The van der Waals surface area contributed by atoms with Crippen LogP contribution in [-0.4, -0.2) is 41.7 Å². The summed E-state index contributed by atoms with van der Waals surface area (Å²) in [4.78, 5) is 13.2. The zero-order valence-corrected chi connectivity index (χ0v) is 11.1. The lowest BCUT2D eigenvalue weighted by atomic mass is 10.0. The molecule has 1 aromatic rings. The van der Waals surface area contributed by atoms with E-state index in [1.807, 2.05) is 0 Å². The molecule has 1 aromatic carbocycles. The molecule has 0 radical (unpaired) electrons. The number of likely N-dealkylation sites (tertiary alicyclic amines) is 1. The van der Waals surface area contributed by atoms with Crippen molar-refractivity contribution in [3.63, 3.8) is 0 Å². The minimum Gasteiger partial charge on any atom is -0.387 e. The molecule has 1 amide bonds. The van der Waals surface area contributed by atoms with Crippen molar-refractivity contribution in [3.05, 3.63) is 35.4 Å². The maximum atomic E-state index is 13.1. The van der Waals surface area contributed by atoms with Crippen LogP contribution in [0.25, 0.3) is 0 Å². The number of amides is 1. The van der Waals surface area contributed by atoms with Gasteiger partial charge in [-0.1, -0.05) is 6.07 Å². The van der Waals surface area contributed by atoms with Gasteiger partial charge in [0.15, 0.2) is 11.6 Å². The van der Waals surface area contributed by atoms with Crippen LogP contribution in [0.2, 0.25) is 0 Å². The lowest BCUT2D eigenvalue weighted by Crippen LogP contribution is -2.45. The number of piperidine rings is 1. The van der Waals surface area contributed by atoms with Crippen LogP contribution < -0.4 is 5.32 Å². The first-order valence-corrected chi connectivity index (χ1v) is 6.65. The summed E-state index contributed by atoms with van der Waals surface area (Å²) < 4.78 is 25.9. The third-order valence-electron chi connectivity index (χ3n) is 3.49. The van der Waals surface area contributed by atoms with Gasteiger partial charge in [0, 0.05) is 25.7 Å². The number of rotatable bonds is 4. The van der Waals surface area contributed by atoms with Gasteiger partial charge < -0.3 is 10.4 Å². The Balaban J connectivity index is 1.82. The van der Waals surface area contributed by atoms with Gasteiger partial charge in [-0.25, -0.2) is 8.78 Å². The van der Waals surface area contributed by atoms with Gasteiger partial charge >= 0.3 is 0 Å². The van der Waals surface area contributed by atoms with Crippen molar-refractivity contribution in [2.24, 2.45) is 0 Å². The van der Waals surface area contributed by atoms with Crippen LogP contribution in [-0.2, 0) is 11.3 Å². The minimum absolute atomic E-state index is 0.0795. The lowest BCUT2D eigenvalue weighted by molar-refractivity contribution is -0.124. The van der Waals surface area contributed by atoms with Crippen molar-refractivity contribution in [1.29, 1.82) is 0 Å². The number of aliphatic hydroxyl groups is 1. The van der Waals surface area contributed by atoms with Gasteiger partial charge in [-0.05, 0) is 30.5 Å². The highest BCUT2D eigenvalue weighted by Gasteiger charge is 2.20. The van der Waals surface area contributed by atoms with Crippen molar-refractivity contribution < 1.29 is 18.7 Å². The predicted octanol–water partition coefficient (Wildman–Crippen LogP) is 1.04. The second-order valence-electron chi connectivity index (χ2n) is 5.02. The molecule has 4 nitrogen and oxygen atoms in total. The largest absolute Gasteiger partial charge is 0.387 e. The van der Waals surface area contributed by atoms with E-state index in [4.69, 9.17) is 5.11 Å². The van der Waals surface area contributed by atoms with Gasteiger partial charge in [0.1, 0.15) is 6.61 Å². The number of carbonyl (C=O) groups is 1. The van der Waals surface area contributed by atoms with Crippen molar-refractivity contribution in [3.8, 4) is 0 Å². The summed E-state index contributed by atoms with van der Waals surface area (Å²) in [5.74, 6) is -2.02. The van der Waals surface area contributed by atoms with E-state index in [1.165, 1.54) is 6.07 Å². The van der Waals surface area contributed by atoms with E-state index in [9.17, 15) is 13.6 Å². The average Bonchev–Trinajstić information content (AvgIpc) is 2.45. The zero-order valence-electron chi connectivity index (χ0n) is 11.1. The molecule has 0 aromatic heterocycles. The summed E-state index contributed by atoms with van der Waals surface area (Å²) in [6.45, 7) is 1.62. The molecule has 1 saturated heterocycles. The van der Waals surface area contributed by atoms with Crippen LogP contribution in [0, 0.1) is 11.6 Å². The van der Waals surface area contributed by atoms with Crippen LogP contribution in [0.1, 0.15) is 18.4 Å². The number of carbonyl (C=O) groups excluding carboxylic acids is 1. The Bertz CT molecular complexity index is 474. The van der Waals surface area contributed by atoms with Gasteiger partial charge in [-0.15, -0.1) is 0 Å². The molecular weight excluding hydrogens is 266 g/mol. The summed E-state index contributed by atoms with van der Waals surface area (Å²) in [6, 6.07) is 4.02. The summed E-state index contributed by atoms with van der Waals surface area (Å²) in [5.41, 5.74) is 0.738. The second kappa shape index (κ2) is 6.76. The lowest BCUT2D eigenvalue weighted by Gasteiger charge is -2.32. The van der Waals surface area contributed by atoms with Crippen LogP contribution in [0.3, 0.4) is 0 Å². The van der Waals surface area contributed by atoms with Gasteiger partial charge in [-0.3, -0.25) is 9.69 Å². The first-order chi connectivity index (χ1) is 9.58. The van der Waals surface area contributed by atoms with Gasteiger partial charge in [0.2, 0.25) is 5.91 Å². The number of aliphatic hydroxyl groups excluding tert-OH is 1. The highest BCUT2D eigenvalue weighted by atomic mass is 19.2. The molecule has 0 spiro atoms. The number of nitrogens with one attached hydrogen (secondary N) is 1. The Kier molecular flexibility index (Phi) is 5.03. The Morgan fingerprint density at radius 1 is 1.30 bits per heavy atom. The fraction of sp³-hybridized carbons (Fsp3) is 0.500. The average molecular weight is 284 g/mol. The fourth-order valence-corrected chi connectivity index (χ4v) is 2.40. The van der Waals surface area contributed by atoms with Crippen LogP contribution >= 0.6 is 0 Å². The number of nitrogens with zero attached hydrogens (tertiary/aromatic N) is 1. The van der Waals surface area contributed by atoms with Crippen molar-refractivity contribution >= 4 is 5.91 Å². The van der Waals surface area contributed by atoms with Crippen LogP contribution in [0.5, 0.6) is 0 Å². The molecule has 0 saturated carbocycles. The van der Waals surface area contributed by atoms with Crippen LogP contribution in [0.4, 0.5) is 8.78 Å². The third kappa shape index (κ3) is 3.98. The summed E-state index contributed by atoms with van der Waals surface area (Å²) in [6.07, 6.45) is 1.57. The van der Waals surface area contributed by atoms with E-state index in [1.54, 1.807) is 6.07 Å². The topological polar surface area (TPSA) is 52.6 Å². The van der Waals surface area contributed by atoms with E-state index in [-0.39, 0.29) is 11.9 Å². The number of benzene rings is 1. The zero-order chi connectivity index (χ0) is 14.5. The molecule has 2 rings (SSSR count). The summed E-state index contributed by atoms with van der Waals surface area (Å²) in [7, 11) is 0. The van der Waals surface area contributed by atoms with E-state index in [2.05, 4.69) is 10.2 Å². The standard InChI is InChI=1S/C14H18F2N2O2/c15-12-2-1-10(7-13(12)16)8-18-5-3-11(4-6-18)17-14(20)9-19/h1-2,7,11,19H,3-6,8-9H2,(H,17,20). The third-order valence-corrected chi connectivity index (χ3v) is 3.49. The Morgan fingerprint density at radius 2 is 2.00 bits per heavy atom. The first kappa shape index (κ1) is 14.9. The second-order valence-corrected chi connectivity index (χ2v) is 5.02. The number of halogens is 2. The highest BCUT2D eigenvalue weighted by Crippen LogP contribution is 2.15. The fourth-order valence-electron chi connectivity index (χ4n) is 2.40. The van der Waals surface area contributed by atoms with E-state index < -0.39 is 18.2 Å². The molecule has 20 heavy (non-hydrogen) atoms. The molecule has 1 fully saturated rings. The molecule has 1 aliphatic rings. The molecule has 0 aliphatic carbocycles. The summed E-state index contributed by atoms with van der Waals surface area (Å²) in [5, 5.41) is 11.4. The molecule has 0 bridgehead atoms. The quantitative estimate of drug-likeness (QED) is 0.868. The van der Waals surface area contributed by atoms with E-state index in [0.717, 1.165) is 37.6 Å². The molecule has 0 atom stereocenters. The normalized spacial score (nSPS) is 17.1. The summed E-state index contributed by atoms with van der Waals surface area (Å²) >= 11 is 0. The molecule has 0 unspecified atom stereocenters. The van der Waals surface area contributed by atoms with E-state index >= 15 is 0 Å². The van der Waals surface area contributed by atoms with E-state index in [0.29, 0.717) is 6.54 Å². The maximum absolute atomic E-state index is 13.1. The molecule has 2 N–H and O–H groups in total. The number of hydrogen-bond donors (Lipinski definition) is 2. The van der Waals surface area contributed by atoms with Crippen molar-refractivity contribution in [1.82, 2.24) is 10.2 Å². The molecular formula is C14H18F2N2O2. The maximum Gasteiger partial charge on any atom is 0.245 e. The molecule has 1 aliphatic heterocycles. The Labute approximate surface area is 116 Å². The molecule has 110 valence electrons. The Morgan fingerprint density at radius 3 is 2.60 bits per heavy atom. The van der Waals surface area contributed by atoms with Gasteiger partial charge in [-0.2, -0.15) is 0 Å². The first-order valence-electron chi connectivity index (χ1n) is 6.65. The number of hydrogen-bond acceptors (Lipinski definition) is 3. The molecule has 1 heterocycles. The van der Waals surface area contributed by atoms with Gasteiger partial charge in [0.25, 0.3) is 0 Å². The predicted molar refractivity (Wildman–Crippen MR) is 69.9 cm³/mol. The van der Waals surface area contributed by atoms with Gasteiger partial charge in [0.05, 0.1) is 0 Å². The SMILES string of the molecule is O=C(CO)NC1CCN(Cc2ccc(F)c(F)c2)CC1. The van der Waals surface area contributed by atoms with Crippen LogP contribution in [0.15, 0.2) is 18.2 Å². The smallest absolute Gasteiger partial charge is 0.245 e. The highest BCUT2D eigenvalue weighted by molar-refractivity contribution is 5.77. The molecule has 6 heteroatoms. The monoisotopic (exact) mass is 284 g/mol. The van der Waals surface area contributed by atoms with Crippen molar-refractivity contribution in [2.45, 2.75) is 25.4 Å². The minimum atomic E-state index is -0.834. The Hall–Kier alpha value is -1.53.